The molecule has 1 saturated heterocycles. The SMILES string of the molecule is Cc1ccc(C(C)C)c(OCCN2C(=O)S/C(=C\c3cc(Br)ccc3O)C2=O)c1. The average Bonchev–Trinajstić information content (AvgIpc) is 2.92. The molecule has 2 aromatic rings. The molecule has 0 bridgehead atoms. The number of imide groups is 1. The maximum absolute atomic E-state index is 12.7. The number of amides is 2. The predicted octanol–water partition coefficient (Wildman–Crippen LogP) is 5.70. The number of nitrogens with zero attached hydrogens (tertiary/aromatic N) is 1. The van der Waals surface area contributed by atoms with Crippen molar-refractivity contribution >= 4 is 44.9 Å². The first-order chi connectivity index (χ1) is 13.8. The van der Waals surface area contributed by atoms with Gasteiger partial charge in [0, 0.05) is 10.0 Å². The van der Waals surface area contributed by atoms with Crippen molar-refractivity contribution in [1.82, 2.24) is 4.90 Å². The van der Waals surface area contributed by atoms with E-state index in [2.05, 4.69) is 29.8 Å². The monoisotopic (exact) mass is 475 g/mol. The predicted molar refractivity (Wildman–Crippen MR) is 119 cm³/mol. The molecule has 3 rings (SSSR count). The Morgan fingerprint density at radius 2 is 1.97 bits per heavy atom. The fourth-order valence-electron chi connectivity index (χ4n) is 2.97. The Balaban J connectivity index is 1.69. The fraction of sp³-hybridized carbons (Fsp3) is 0.273. The highest BCUT2D eigenvalue weighted by atomic mass is 79.9. The zero-order chi connectivity index (χ0) is 21.1. The van der Waals surface area contributed by atoms with Crippen LogP contribution >= 0.6 is 27.7 Å². The van der Waals surface area contributed by atoms with E-state index in [1.165, 1.54) is 17.0 Å². The largest absolute Gasteiger partial charge is 0.507 e. The molecule has 0 unspecified atom stereocenters. The number of rotatable bonds is 6. The lowest BCUT2D eigenvalue weighted by Gasteiger charge is -2.17. The topological polar surface area (TPSA) is 66.8 Å². The number of benzene rings is 2. The fourth-order valence-corrected chi connectivity index (χ4v) is 4.20. The first-order valence-corrected chi connectivity index (χ1v) is 10.8. The quantitative estimate of drug-likeness (QED) is 0.542. The smallest absolute Gasteiger partial charge is 0.293 e. The van der Waals surface area contributed by atoms with Crippen molar-refractivity contribution in [2.24, 2.45) is 0 Å². The van der Waals surface area contributed by atoms with Crippen molar-refractivity contribution in [2.45, 2.75) is 26.7 Å². The first-order valence-electron chi connectivity index (χ1n) is 9.23. The Hall–Kier alpha value is -2.25. The molecule has 29 heavy (non-hydrogen) atoms. The minimum Gasteiger partial charge on any atom is -0.507 e. The summed E-state index contributed by atoms with van der Waals surface area (Å²) in [5, 5.41) is 9.63. The van der Waals surface area contributed by atoms with Gasteiger partial charge in [-0.3, -0.25) is 14.5 Å². The van der Waals surface area contributed by atoms with Crippen molar-refractivity contribution in [3.8, 4) is 11.5 Å². The molecule has 0 atom stereocenters. The van der Waals surface area contributed by atoms with Crippen LogP contribution in [-0.4, -0.2) is 34.3 Å². The number of thioether (sulfide) groups is 1. The number of aromatic hydroxyl groups is 1. The molecule has 0 radical (unpaired) electrons. The number of phenolic OH excluding ortho intramolecular Hbond substituents is 1. The number of aryl methyl sites for hydroxylation is 1. The van der Waals surface area contributed by atoms with Gasteiger partial charge in [0.2, 0.25) is 0 Å². The minimum atomic E-state index is -0.378. The molecule has 0 aliphatic carbocycles. The van der Waals surface area contributed by atoms with E-state index in [4.69, 9.17) is 4.74 Å². The lowest BCUT2D eigenvalue weighted by molar-refractivity contribution is -0.123. The maximum Gasteiger partial charge on any atom is 0.293 e. The van der Waals surface area contributed by atoms with Gasteiger partial charge >= 0.3 is 0 Å². The zero-order valence-electron chi connectivity index (χ0n) is 16.4. The van der Waals surface area contributed by atoms with Crippen LogP contribution in [0.15, 0.2) is 45.8 Å². The molecule has 1 N–H and O–H groups in total. The third kappa shape index (κ3) is 5.03. The normalized spacial score (nSPS) is 15.6. The number of halogens is 1. The Labute approximate surface area is 182 Å². The van der Waals surface area contributed by atoms with Crippen molar-refractivity contribution < 1.29 is 19.4 Å². The van der Waals surface area contributed by atoms with Gasteiger partial charge < -0.3 is 9.84 Å². The molecule has 1 fully saturated rings. The molecule has 0 spiro atoms. The molecule has 0 aromatic heterocycles. The summed E-state index contributed by atoms with van der Waals surface area (Å²) in [4.78, 5) is 26.4. The van der Waals surface area contributed by atoms with Crippen LogP contribution in [0.25, 0.3) is 6.08 Å². The number of carbonyl (C=O) groups is 2. The Morgan fingerprint density at radius 3 is 2.69 bits per heavy atom. The summed E-state index contributed by atoms with van der Waals surface area (Å²) in [5.41, 5.74) is 2.66. The van der Waals surface area contributed by atoms with Crippen LogP contribution in [0.2, 0.25) is 0 Å². The molecular weight excluding hydrogens is 454 g/mol. The van der Waals surface area contributed by atoms with E-state index in [0.29, 0.717) is 11.5 Å². The highest BCUT2D eigenvalue weighted by Gasteiger charge is 2.35. The summed E-state index contributed by atoms with van der Waals surface area (Å²) in [6.07, 6.45) is 1.53. The molecule has 7 heteroatoms. The summed E-state index contributed by atoms with van der Waals surface area (Å²) >= 11 is 4.20. The van der Waals surface area contributed by atoms with Gasteiger partial charge in [-0.15, -0.1) is 0 Å². The summed E-state index contributed by atoms with van der Waals surface area (Å²) in [5.74, 6) is 0.755. The van der Waals surface area contributed by atoms with Crippen LogP contribution in [0.3, 0.4) is 0 Å². The van der Waals surface area contributed by atoms with Crippen LogP contribution in [0.5, 0.6) is 11.5 Å². The summed E-state index contributed by atoms with van der Waals surface area (Å²) < 4.78 is 6.68. The Bertz CT molecular complexity index is 987. The van der Waals surface area contributed by atoms with Crippen molar-refractivity contribution in [3.63, 3.8) is 0 Å². The van der Waals surface area contributed by atoms with Crippen LogP contribution in [0, 0.1) is 6.92 Å². The lowest BCUT2D eigenvalue weighted by atomic mass is 10.0. The van der Waals surface area contributed by atoms with Gasteiger partial charge in [-0.1, -0.05) is 41.9 Å². The standard InChI is InChI=1S/C22H22BrNO4S/c1-13(2)17-6-4-14(3)10-19(17)28-9-8-24-21(26)20(29-22(24)27)12-15-11-16(23)5-7-18(15)25/h4-7,10-13,25H,8-9H2,1-3H3/b20-12-. The van der Waals surface area contributed by atoms with Gasteiger partial charge in [0.15, 0.2) is 0 Å². The average molecular weight is 476 g/mol. The van der Waals surface area contributed by atoms with Gasteiger partial charge in [-0.25, -0.2) is 0 Å². The van der Waals surface area contributed by atoms with Gasteiger partial charge in [-0.2, -0.15) is 0 Å². The van der Waals surface area contributed by atoms with Crippen LogP contribution in [0.4, 0.5) is 4.79 Å². The molecule has 5 nitrogen and oxygen atoms in total. The highest BCUT2D eigenvalue weighted by Crippen LogP contribution is 2.34. The molecular formula is C22H22BrNO4S. The molecule has 2 aromatic carbocycles. The van der Waals surface area contributed by atoms with Crippen molar-refractivity contribution in [1.29, 1.82) is 0 Å². The molecule has 0 saturated carbocycles. The van der Waals surface area contributed by atoms with E-state index >= 15 is 0 Å². The highest BCUT2D eigenvalue weighted by molar-refractivity contribution is 9.10. The second-order valence-corrected chi connectivity index (χ2v) is 8.99. The summed E-state index contributed by atoms with van der Waals surface area (Å²) in [6.45, 7) is 6.57. The number of ether oxygens (including phenoxy) is 1. The number of hydrogen-bond acceptors (Lipinski definition) is 5. The Morgan fingerprint density at radius 1 is 1.21 bits per heavy atom. The van der Waals surface area contributed by atoms with E-state index in [1.54, 1.807) is 12.1 Å². The van der Waals surface area contributed by atoms with Crippen molar-refractivity contribution in [2.75, 3.05) is 13.2 Å². The van der Waals surface area contributed by atoms with E-state index in [1.807, 2.05) is 25.1 Å². The number of carbonyl (C=O) groups excluding carboxylic acids is 2. The van der Waals surface area contributed by atoms with Crippen LogP contribution in [0.1, 0.15) is 36.5 Å². The minimum absolute atomic E-state index is 0.0454. The van der Waals surface area contributed by atoms with Gasteiger partial charge in [-0.05, 0) is 66.1 Å². The van der Waals surface area contributed by atoms with Gasteiger partial charge in [0.1, 0.15) is 18.1 Å². The third-order valence-electron chi connectivity index (χ3n) is 4.51. The van der Waals surface area contributed by atoms with Crippen LogP contribution < -0.4 is 4.74 Å². The third-order valence-corrected chi connectivity index (χ3v) is 5.91. The molecule has 1 aliphatic rings. The van der Waals surface area contributed by atoms with E-state index < -0.39 is 0 Å². The molecule has 2 amide bonds. The number of hydrogen-bond donors (Lipinski definition) is 1. The molecule has 1 heterocycles. The second kappa shape index (κ2) is 9.05. The van der Waals surface area contributed by atoms with Gasteiger partial charge in [0.05, 0.1) is 11.4 Å². The van der Waals surface area contributed by atoms with E-state index in [0.717, 1.165) is 33.1 Å². The summed E-state index contributed by atoms with van der Waals surface area (Å²) in [6, 6.07) is 11.0. The summed E-state index contributed by atoms with van der Waals surface area (Å²) in [7, 11) is 0. The molecule has 152 valence electrons. The number of phenols is 1. The Kier molecular flexibility index (Phi) is 6.70. The second-order valence-electron chi connectivity index (χ2n) is 7.08. The van der Waals surface area contributed by atoms with Crippen molar-refractivity contribution in [3.05, 3.63) is 62.5 Å². The molecule has 1 aliphatic heterocycles. The zero-order valence-corrected chi connectivity index (χ0v) is 18.8. The van der Waals surface area contributed by atoms with E-state index in [-0.39, 0.29) is 35.0 Å². The lowest BCUT2D eigenvalue weighted by Crippen LogP contribution is -2.32. The van der Waals surface area contributed by atoms with E-state index in [9.17, 15) is 14.7 Å². The van der Waals surface area contributed by atoms with Gasteiger partial charge in [0.25, 0.3) is 11.1 Å². The first kappa shape index (κ1) is 21.5. The maximum atomic E-state index is 12.7. The van der Waals surface area contributed by atoms with Crippen LogP contribution in [-0.2, 0) is 4.79 Å².